The van der Waals surface area contributed by atoms with E-state index in [1.165, 1.54) is 0 Å². The number of carbonyl (C=O) groups excluding carboxylic acids is 1. The molecule has 0 saturated carbocycles. The van der Waals surface area contributed by atoms with E-state index in [1.807, 2.05) is 0 Å². The lowest BCUT2D eigenvalue weighted by atomic mass is 10.1. The summed E-state index contributed by atoms with van der Waals surface area (Å²) in [5.74, 6) is -1.70. The zero-order valence-electron chi connectivity index (χ0n) is 11.4. The maximum atomic E-state index is 13.3. The number of alkyl halides is 3. The normalized spacial score (nSPS) is 11.9. The number of aromatic carboxylic acids is 1. The molecule has 3 aromatic rings. The summed E-state index contributed by atoms with van der Waals surface area (Å²) in [6.45, 7) is 0. The third-order valence-corrected chi connectivity index (χ3v) is 4.42. The van der Waals surface area contributed by atoms with Crippen LogP contribution >= 0.6 is 31.9 Å². The molecule has 2 heterocycles. The maximum Gasteiger partial charge on any atom is 0.433 e. The Morgan fingerprint density at radius 2 is 1.79 bits per heavy atom. The van der Waals surface area contributed by atoms with E-state index in [9.17, 15) is 23.1 Å². The smallest absolute Gasteiger partial charge is 0.433 e. The molecule has 5 nitrogen and oxygen atoms in total. The minimum absolute atomic E-state index is 0.0350. The summed E-state index contributed by atoms with van der Waals surface area (Å²) in [6.07, 6.45) is -4.75. The Balaban J connectivity index is 2.35. The topological polar surface area (TPSA) is 70.3 Å². The summed E-state index contributed by atoms with van der Waals surface area (Å²) in [6, 6.07) is 7.31. The first kappa shape index (κ1) is 16.9. The van der Waals surface area contributed by atoms with Crippen molar-refractivity contribution in [2.45, 2.75) is 6.18 Å². The van der Waals surface area contributed by atoms with Crippen LogP contribution in [0.3, 0.4) is 0 Å². The van der Waals surface area contributed by atoms with Gasteiger partial charge in [0.25, 0.3) is 0 Å². The molecule has 0 bridgehead atoms. The Morgan fingerprint density at radius 1 is 1.17 bits per heavy atom. The molecule has 3 rings (SSSR count). The van der Waals surface area contributed by atoms with Gasteiger partial charge in [-0.3, -0.25) is 0 Å². The van der Waals surface area contributed by atoms with Gasteiger partial charge >= 0.3 is 6.18 Å². The Morgan fingerprint density at radius 3 is 2.33 bits per heavy atom. The second-order valence-corrected chi connectivity index (χ2v) is 6.43. The minimum atomic E-state index is -4.75. The van der Waals surface area contributed by atoms with Crippen LogP contribution < -0.4 is 5.11 Å². The van der Waals surface area contributed by atoms with E-state index in [0.29, 0.717) is 10.1 Å². The molecule has 24 heavy (non-hydrogen) atoms. The number of halogens is 5. The first-order chi connectivity index (χ1) is 11.2. The SMILES string of the molecule is O=C([O-])c1nn2c(C(F)(F)F)cc(-c3ccc(Br)cc3)nc2c1Br. The predicted molar refractivity (Wildman–Crippen MR) is 83.2 cm³/mol. The highest BCUT2D eigenvalue weighted by Gasteiger charge is 2.36. The van der Waals surface area contributed by atoms with Gasteiger partial charge in [-0.05, 0) is 34.1 Å². The van der Waals surface area contributed by atoms with Gasteiger partial charge in [0.2, 0.25) is 0 Å². The molecule has 0 spiro atoms. The van der Waals surface area contributed by atoms with E-state index in [1.54, 1.807) is 24.3 Å². The van der Waals surface area contributed by atoms with Crippen molar-refractivity contribution >= 4 is 43.5 Å². The molecule has 0 saturated heterocycles. The van der Waals surface area contributed by atoms with Gasteiger partial charge in [-0.2, -0.15) is 18.3 Å². The molecule has 0 aliphatic carbocycles. The fraction of sp³-hybridized carbons (Fsp3) is 0.0714. The number of hydrogen-bond donors (Lipinski definition) is 0. The zero-order chi connectivity index (χ0) is 17.6. The van der Waals surface area contributed by atoms with Crippen LogP contribution in [-0.2, 0) is 6.18 Å². The molecule has 0 unspecified atom stereocenters. The number of hydrogen-bond acceptors (Lipinski definition) is 4. The molecule has 0 N–H and O–H groups in total. The standard InChI is InChI=1S/C14H6Br2F3N3O2/c15-7-3-1-6(2-4-7)8-5-9(14(17,18)19)22-12(20-8)10(16)11(21-22)13(23)24/h1-5H,(H,23,24)/p-1. The van der Waals surface area contributed by atoms with Crippen molar-refractivity contribution in [3.05, 3.63) is 50.7 Å². The van der Waals surface area contributed by atoms with Gasteiger partial charge in [-0.15, -0.1) is 0 Å². The van der Waals surface area contributed by atoms with Crippen molar-refractivity contribution in [2.24, 2.45) is 0 Å². The highest BCUT2D eigenvalue weighted by molar-refractivity contribution is 9.11. The van der Waals surface area contributed by atoms with Crippen molar-refractivity contribution in [2.75, 3.05) is 0 Å². The van der Waals surface area contributed by atoms with E-state index in [4.69, 9.17) is 0 Å². The molecule has 0 amide bonds. The largest absolute Gasteiger partial charge is 0.543 e. The van der Waals surface area contributed by atoms with Crippen molar-refractivity contribution in [1.29, 1.82) is 0 Å². The zero-order valence-corrected chi connectivity index (χ0v) is 14.6. The van der Waals surface area contributed by atoms with Crippen molar-refractivity contribution in [3.63, 3.8) is 0 Å². The van der Waals surface area contributed by atoms with E-state index < -0.39 is 23.5 Å². The van der Waals surface area contributed by atoms with Crippen molar-refractivity contribution in [3.8, 4) is 11.3 Å². The third kappa shape index (κ3) is 2.91. The number of fused-ring (bicyclic) bond motifs is 1. The monoisotopic (exact) mass is 462 g/mol. The number of benzene rings is 1. The molecular weight excluding hydrogens is 459 g/mol. The van der Waals surface area contributed by atoms with Crippen molar-refractivity contribution in [1.82, 2.24) is 14.6 Å². The number of carboxylic acid groups (broad SMARTS) is 1. The number of nitrogens with zero attached hydrogens (tertiary/aromatic N) is 3. The Hall–Kier alpha value is -1.94. The lowest BCUT2D eigenvalue weighted by molar-refractivity contribution is -0.255. The van der Waals surface area contributed by atoms with E-state index >= 15 is 0 Å². The summed E-state index contributed by atoms with van der Waals surface area (Å²) >= 11 is 6.17. The van der Waals surface area contributed by atoms with Crippen molar-refractivity contribution < 1.29 is 23.1 Å². The van der Waals surface area contributed by atoms with Crippen LogP contribution in [0.5, 0.6) is 0 Å². The third-order valence-electron chi connectivity index (χ3n) is 3.16. The maximum absolute atomic E-state index is 13.3. The molecule has 10 heteroatoms. The van der Waals surface area contributed by atoms with Gasteiger partial charge in [-0.25, -0.2) is 9.50 Å². The number of rotatable bonds is 2. The molecule has 0 fully saturated rings. The average Bonchev–Trinajstić information content (AvgIpc) is 2.83. The molecule has 0 aliphatic rings. The molecular formula is C14H5Br2F3N3O2-. The van der Waals surface area contributed by atoms with Gasteiger partial charge in [0, 0.05) is 10.0 Å². The van der Waals surface area contributed by atoms with Crippen LogP contribution in [0.4, 0.5) is 13.2 Å². The summed E-state index contributed by atoms with van der Waals surface area (Å²) in [5, 5.41) is 14.5. The van der Waals surface area contributed by atoms with Crippen LogP contribution in [0, 0.1) is 0 Å². The lowest BCUT2D eigenvalue weighted by Crippen LogP contribution is -2.23. The van der Waals surface area contributed by atoms with Gasteiger partial charge in [0.05, 0.1) is 16.1 Å². The number of carbonyl (C=O) groups is 1. The quantitative estimate of drug-likeness (QED) is 0.584. The molecule has 1 aromatic carbocycles. The minimum Gasteiger partial charge on any atom is -0.543 e. The van der Waals surface area contributed by atoms with Gasteiger partial charge in [-0.1, -0.05) is 28.1 Å². The Kier molecular flexibility index (Phi) is 4.12. The summed E-state index contributed by atoms with van der Waals surface area (Å²) in [5.41, 5.74) is -1.58. The van der Waals surface area contributed by atoms with Crippen LogP contribution in [0.1, 0.15) is 16.2 Å². The molecule has 124 valence electrons. The average molecular weight is 464 g/mol. The molecule has 0 atom stereocenters. The second kappa shape index (κ2) is 5.85. The summed E-state index contributed by atoms with van der Waals surface area (Å²) in [7, 11) is 0. The van der Waals surface area contributed by atoms with Gasteiger partial charge in [0.15, 0.2) is 11.3 Å². The first-order valence-electron chi connectivity index (χ1n) is 6.32. The van der Waals surface area contributed by atoms with Gasteiger partial charge < -0.3 is 9.90 Å². The Bertz CT molecular complexity index is 953. The first-order valence-corrected chi connectivity index (χ1v) is 7.91. The van der Waals surface area contributed by atoms with Crippen LogP contribution in [0.15, 0.2) is 39.3 Å². The van der Waals surface area contributed by atoms with Crippen LogP contribution in [0.25, 0.3) is 16.9 Å². The highest BCUT2D eigenvalue weighted by atomic mass is 79.9. The summed E-state index contributed by atoms with van der Waals surface area (Å²) in [4.78, 5) is 15.1. The van der Waals surface area contributed by atoms with E-state index in [2.05, 4.69) is 41.9 Å². The number of carboxylic acids is 1. The van der Waals surface area contributed by atoms with E-state index in [0.717, 1.165) is 10.5 Å². The summed E-state index contributed by atoms with van der Waals surface area (Å²) < 4.78 is 41.1. The van der Waals surface area contributed by atoms with Gasteiger partial charge in [0.1, 0.15) is 5.69 Å². The molecule has 0 radical (unpaired) electrons. The highest BCUT2D eigenvalue weighted by Crippen LogP contribution is 2.34. The molecule has 2 aromatic heterocycles. The second-order valence-electron chi connectivity index (χ2n) is 4.72. The molecule has 0 aliphatic heterocycles. The van der Waals surface area contributed by atoms with Crippen LogP contribution in [0.2, 0.25) is 0 Å². The Labute approximate surface area is 149 Å². The predicted octanol–water partition coefficient (Wildman–Crippen LogP) is 3.30. The van der Waals surface area contributed by atoms with Crippen LogP contribution in [-0.4, -0.2) is 20.6 Å². The number of aromatic nitrogens is 3. The fourth-order valence-corrected chi connectivity index (χ4v) is 2.85. The fourth-order valence-electron chi connectivity index (χ4n) is 2.09. The lowest BCUT2D eigenvalue weighted by Gasteiger charge is -2.11. The van der Waals surface area contributed by atoms with E-state index in [-0.39, 0.29) is 15.8 Å².